The summed E-state index contributed by atoms with van der Waals surface area (Å²) < 4.78 is 31.1. The van der Waals surface area contributed by atoms with E-state index in [4.69, 9.17) is 10.3 Å². The lowest BCUT2D eigenvalue weighted by Gasteiger charge is -2.08. The first-order chi connectivity index (χ1) is 11.1. The Bertz CT molecular complexity index is 942. The normalized spacial score (nSPS) is 11.0. The van der Waals surface area contributed by atoms with E-state index in [0.29, 0.717) is 6.07 Å². The molecular weight excluding hydrogens is 344 g/mol. The van der Waals surface area contributed by atoms with Gasteiger partial charge in [0.15, 0.2) is 0 Å². The lowest BCUT2D eigenvalue weighted by molar-refractivity contribution is -0.384. The summed E-state index contributed by atoms with van der Waals surface area (Å²) in [6, 6.07) is 6.38. The molecule has 126 valence electrons. The van der Waals surface area contributed by atoms with Crippen molar-refractivity contribution < 1.29 is 22.8 Å². The Morgan fingerprint density at radius 1 is 1.00 bits per heavy atom. The van der Waals surface area contributed by atoms with Gasteiger partial charge >= 0.3 is 0 Å². The smallest absolute Gasteiger partial charge is 0.294 e. The van der Waals surface area contributed by atoms with Gasteiger partial charge in [0.05, 0.1) is 9.85 Å². The van der Waals surface area contributed by atoms with Crippen LogP contribution in [0.2, 0.25) is 0 Å². The summed E-state index contributed by atoms with van der Waals surface area (Å²) in [7, 11) is -4.61. The number of hydrogen-bond donors (Lipinski definition) is 3. The summed E-state index contributed by atoms with van der Waals surface area (Å²) in [4.78, 5) is 19.7. The molecule has 2 aromatic rings. The summed E-state index contributed by atoms with van der Waals surface area (Å²) in [6.07, 6.45) is 0. The van der Waals surface area contributed by atoms with Gasteiger partial charge in [0.2, 0.25) is 0 Å². The minimum Gasteiger partial charge on any atom is -0.393 e. The molecule has 11 nitrogen and oxygen atoms in total. The average Bonchev–Trinajstić information content (AvgIpc) is 2.48. The third-order valence-electron chi connectivity index (χ3n) is 2.97. The third-order valence-corrected chi connectivity index (χ3v) is 3.82. The van der Waals surface area contributed by atoms with E-state index < -0.39 is 36.2 Å². The van der Waals surface area contributed by atoms with Crippen molar-refractivity contribution >= 4 is 38.6 Å². The van der Waals surface area contributed by atoms with Crippen molar-refractivity contribution in [2.45, 2.75) is 4.90 Å². The van der Waals surface area contributed by atoms with E-state index in [0.717, 1.165) is 18.2 Å². The Kier molecular flexibility index (Phi) is 4.35. The topological polar surface area (TPSA) is 179 Å². The average molecular weight is 354 g/mol. The molecule has 24 heavy (non-hydrogen) atoms. The molecule has 0 radical (unpaired) electrons. The number of nitro groups is 2. The second-order valence-electron chi connectivity index (χ2n) is 4.57. The van der Waals surface area contributed by atoms with Crippen molar-refractivity contribution in [2.75, 3.05) is 11.1 Å². The monoisotopic (exact) mass is 354 g/mol. The number of nitrogens with two attached hydrogens (primary N) is 1. The zero-order valence-corrected chi connectivity index (χ0v) is 12.6. The van der Waals surface area contributed by atoms with Crippen LogP contribution in [-0.2, 0) is 10.1 Å². The molecule has 0 unspecified atom stereocenters. The lowest BCUT2D eigenvalue weighted by atomic mass is 10.2. The largest absolute Gasteiger partial charge is 0.393 e. The maximum absolute atomic E-state index is 11.1. The van der Waals surface area contributed by atoms with Crippen LogP contribution in [0.5, 0.6) is 0 Å². The van der Waals surface area contributed by atoms with Gasteiger partial charge in [0, 0.05) is 17.8 Å². The van der Waals surface area contributed by atoms with Crippen molar-refractivity contribution in [1.82, 2.24) is 0 Å². The van der Waals surface area contributed by atoms with Gasteiger partial charge < -0.3 is 11.1 Å². The second kappa shape index (κ2) is 6.10. The number of nitrogen functional groups attached to an aromatic ring is 1. The Morgan fingerprint density at radius 3 is 2.17 bits per heavy atom. The number of rotatable bonds is 5. The molecule has 0 heterocycles. The number of nitrogens with one attached hydrogen (secondary N) is 1. The SMILES string of the molecule is Nc1ccc(Nc2ccc(S(=O)(=O)O)cc2[N+](=O)[O-])cc1[N+](=O)[O-]. The predicted molar refractivity (Wildman–Crippen MR) is 83.7 cm³/mol. The first kappa shape index (κ1) is 17.1. The highest BCUT2D eigenvalue weighted by molar-refractivity contribution is 7.85. The molecule has 0 aliphatic heterocycles. The molecule has 0 aliphatic rings. The minimum atomic E-state index is -4.61. The summed E-state index contributed by atoms with van der Waals surface area (Å²) in [5.41, 5.74) is 4.37. The fraction of sp³-hybridized carbons (Fsp3) is 0. The van der Waals surface area contributed by atoms with Gasteiger partial charge in [-0.05, 0) is 24.3 Å². The summed E-state index contributed by atoms with van der Waals surface area (Å²) >= 11 is 0. The van der Waals surface area contributed by atoms with Gasteiger partial charge in [0.25, 0.3) is 21.5 Å². The van der Waals surface area contributed by atoms with Crippen LogP contribution in [0.25, 0.3) is 0 Å². The van der Waals surface area contributed by atoms with Gasteiger partial charge in [-0.15, -0.1) is 0 Å². The lowest BCUT2D eigenvalue weighted by Crippen LogP contribution is -2.03. The van der Waals surface area contributed by atoms with Crippen LogP contribution < -0.4 is 11.1 Å². The van der Waals surface area contributed by atoms with Gasteiger partial charge in [0.1, 0.15) is 16.3 Å². The zero-order valence-electron chi connectivity index (χ0n) is 11.7. The Hall–Kier alpha value is -3.25. The first-order valence-corrected chi connectivity index (χ1v) is 7.60. The molecule has 0 bridgehead atoms. The maximum Gasteiger partial charge on any atom is 0.294 e. The van der Waals surface area contributed by atoms with E-state index in [-0.39, 0.29) is 17.1 Å². The molecule has 0 saturated carbocycles. The van der Waals surface area contributed by atoms with E-state index in [1.807, 2.05) is 0 Å². The molecule has 4 N–H and O–H groups in total. The Morgan fingerprint density at radius 2 is 1.62 bits per heavy atom. The standard InChI is InChI=1S/C12H10N4O7S/c13-9-3-1-7(5-11(9)15(17)18)14-10-4-2-8(24(21,22)23)6-12(10)16(19)20/h1-6,14H,13H2,(H,21,22,23). The van der Waals surface area contributed by atoms with E-state index >= 15 is 0 Å². The van der Waals surface area contributed by atoms with E-state index in [1.165, 1.54) is 12.1 Å². The summed E-state index contributed by atoms with van der Waals surface area (Å²) in [5, 5.41) is 24.5. The quantitative estimate of drug-likeness (QED) is 0.313. The highest BCUT2D eigenvalue weighted by Gasteiger charge is 2.20. The number of hydrogen-bond acceptors (Lipinski definition) is 8. The van der Waals surface area contributed by atoms with E-state index in [1.54, 1.807) is 0 Å². The van der Waals surface area contributed by atoms with E-state index in [9.17, 15) is 28.6 Å². The molecule has 2 aromatic carbocycles. The molecular formula is C12H10N4O7S. The molecule has 0 saturated heterocycles. The number of benzene rings is 2. The van der Waals surface area contributed by atoms with Crippen LogP contribution in [0.3, 0.4) is 0 Å². The second-order valence-corrected chi connectivity index (χ2v) is 5.99. The molecule has 0 amide bonds. The molecule has 0 aliphatic carbocycles. The number of anilines is 3. The van der Waals surface area contributed by atoms with Gasteiger partial charge in [-0.1, -0.05) is 0 Å². The zero-order chi connectivity index (χ0) is 18.1. The molecule has 0 fully saturated rings. The van der Waals surface area contributed by atoms with Crippen LogP contribution in [0.1, 0.15) is 0 Å². The molecule has 0 atom stereocenters. The maximum atomic E-state index is 11.1. The van der Waals surface area contributed by atoms with Gasteiger partial charge in [-0.2, -0.15) is 8.42 Å². The molecule has 12 heteroatoms. The fourth-order valence-corrected chi connectivity index (χ4v) is 2.36. The fourth-order valence-electron chi connectivity index (χ4n) is 1.86. The molecule has 0 spiro atoms. The van der Waals surface area contributed by atoms with Crippen LogP contribution in [-0.4, -0.2) is 22.8 Å². The van der Waals surface area contributed by atoms with Crippen molar-refractivity contribution in [3.8, 4) is 0 Å². The summed E-state index contributed by atoms with van der Waals surface area (Å²) in [6.45, 7) is 0. The van der Waals surface area contributed by atoms with Crippen molar-refractivity contribution in [3.63, 3.8) is 0 Å². The molecule has 0 aromatic heterocycles. The highest BCUT2D eigenvalue weighted by Crippen LogP contribution is 2.32. The van der Waals surface area contributed by atoms with Gasteiger partial charge in [-0.3, -0.25) is 24.8 Å². The highest BCUT2D eigenvalue weighted by atomic mass is 32.2. The Balaban J connectivity index is 2.48. The minimum absolute atomic E-state index is 0.0817. The first-order valence-electron chi connectivity index (χ1n) is 6.16. The predicted octanol–water partition coefficient (Wildman–Crippen LogP) is 2.08. The Labute approximate surface area is 134 Å². The molecule has 2 rings (SSSR count). The van der Waals surface area contributed by atoms with Crippen molar-refractivity contribution in [3.05, 3.63) is 56.6 Å². The number of nitrogens with zero attached hydrogens (tertiary/aromatic N) is 2. The van der Waals surface area contributed by atoms with E-state index in [2.05, 4.69) is 5.32 Å². The van der Waals surface area contributed by atoms with Crippen molar-refractivity contribution in [2.24, 2.45) is 0 Å². The van der Waals surface area contributed by atoms with Gasteiger partial charge in [-0.25, -0.2) is 0 Å². The van der Waals surface area contributed by atoms with Crippen LogP contribution >= 0.6 is 0 Å². The number of nitro benzene ring substituents is 2. The van der Waals surface area contributed by atoms with Crippen LogP contribution in [0, 0.1) is 20.2 Å². The summed E-state index contributed by atoms with van der Waals surface area (Å²) in [5.74, 6) is 0. The van der Waals surface area contributed by atoms with Crippen LogP contribution in [0.15, 0.2) is 41.3 Å². The van der Waals surface area contributed by atoms with Crippen molar-refractivity contribution in [1.29, 1.82) is 0 Å². The van der Waals surface area contributed by atoms with Crippen LogP contribution in [0.4, 0.5) is 28.4 Å². The third kappa shape index (κ3) is 3.56.